The van der Waals surface area contributed by atoms with Gasteiger partial charge in [-0.3, -0.25) is 0 Å². The molecule has 0 unspecified atom stereocenters. The van der Waals surface area contributed by atoms with E-state index in [1.807, 2.05) is 20.8 Å². The van der Waals surface area contributed by atoms with Crippen LogP contribution in [0.1, 0.15) is 31.9 Å². The van der Waals surface area contributed by atoms with Gasteiger partial charge in [0.05, 0.1) is 0 Å². The van der Waals surface area contributed by atoms with Crippen molar-refractivity contribution >= 4 is 0 Å². The molecule has 15 heavy (non-hydrogen) atoms. The summed E-state index contributed by atoms with van der Waals surface area (Å²) >= 11 is 0. The standard InChI is InChI=1S/C13H14F2/c1-13(2,3)12-10(7-5-9-14)6-4-8-11(12)15/h4,6,8H,9H2,1-3H3. The van der Waals surface area contributed by atoms with Crippen LogP contribution in [0.15, 0.2) is 18.2 Å². The number of halogens is 2. The van der Waals surface area contributed by atoms with E-state index in [4.69, 9.17) is 0 Å². The van der Waals surface area contributed by atoms with Crippen molar-refractivity contribution in [2.24, 2.45) is 0 Å². The number of benzene rings is 1. The second kappa shape index (κ2) is 4.44. The van der Waals surface area contributed by atoms with Crippen LogP contribution >= 0.6 is 0 Å². The van der Waals surface area contributed by atoms with Crippen LogP contribution in [0, 0.1) is 17.7 Å². The van der Waals surface area contributed by atoms with Crippen LogP contribution in [0.2, 0.25) is 0 Å². The van der Waals surface area contributed by atoms with Gasteiger partial charge in [0.1, 0.15) is 5.82 Å². The van der Waals surface area contributed by atoms with Gasteiger partial charge in [-0.25, -0.2) is 8.78 Å². The van der Waals surface area contributed by atoms with Crippen LogP contribution in [0.4, 0.5) is 8.78 Å². The van der Waals surface area contributed by atoms with Gasteiger partial charge in [0.2, 0.25) is 0 Å². The Balaban J connectivity index is 3.33. The van der Waals surface area contributed by atoms with Crippen molar-refractivity contribution in [3.05, 3.63) is 35.1 Å². The highest BCUT2D eigenvalue weighted by atomic mass is 19.1. The minimum Gasteiger partial charge on any atom is -0.237 e. The highest BCUT2D eigenvalue weighted by Crippen LogP contribution is 2.27. The third-order valence-electron chi connectivity index (χ3n) is 2.05. The van der Waals surface area contributed by atoms with Gasteiger partial charge in [-0.15, -0.1) is 0 Å². The summed E-state index contributed by atoms with van der Waals surface area (Å²) in [5.41, 5.74) is 0.789. The minimum absolute atomic E-state index is 0.284. The Hall–Kier alpha value is -1.36. The zero-order valence-electron chi connectivity index (χ0n) is 9.20. The second-order valence-corrected chi connectivity index (χ2v) is 4.35. The van der Waals surface area contributed by atoms with E-state index in [9.17, 15) is 8.78 Å². The molecule has 0 aliphatic heterocycles. The molecule has 0 aromatic heterocycles. The lowest BCUT2D eigenvalue weighted by Crippen LogP contribution is -2.15. The average molecular weight is 208 g/mol. The van der Waals surface area contributed by atoms with Crippen LogP contribution in [-0.4, -0.2) is 6.67 Å². The van der Waals surface area contributed by atoms with E-state index in [0.29, 0.717) is 11.1 Å². The molecule has 0 bridgehead atoms. The molecule has 1 rings (SSSR count). The molecule has 0 atom stereocenters. The quantitative estimate of drug-likeness (QED) is 0.573. The molecule has 80 valence electrons. The Labute approximate surface area is 89.3 Å². The lowest BCUT2D eigenvalue weighted by atomic mass is 9.83. The molecule has 1 aromatic rings. The fourth-order valence-electron chi connectivity index (χ4n) is 1.52. The molecule has 0 saturated heterocycles. The normalized spacial score (nSPS) is 10.7. The molecule has 0 aliphatic carbocycles. The van der Waals surface area contributed by atoms with E-state index in [1.165, 1.54) is 6.07 Å². The van der Waals surface area contributed by atoms with Crippen LogP contribution in [-0.2, 0) is 5.41 Å². The van der Waals surface area contributed by atoms with E-state index in [1.54, 1.807) is 12.1 Å². The van der Waals surface area contributed by atoms with Crippen molar-refractivity contribution in [1.82, 2.24) is 0 Å². The smallest absolute Gasteiger partial charge is 0.150 e. The molecule has 1 aromatic carbocycles. The van der Waals surface area contributed by atoms with Gasteiger partial charge in [0.15, 0.2) is 6.67 Å². The SMILES string of the molecule is CC(C)(C)c1c(F)cccc1C#CCF. The van der Waals surface area contributed by atoms with Gasteiger partial charge in [-0.05, 0) is 17.5 Å². The lowest BCUT2D eigenvalue weighted by molar-refractivity contribution is 0.521. The van der Waals surface area contributed by atoms with Crippen molar-refractivity contribution in [2.45, 2.75) is 26.2 Å². The van der Waals surface area contributed by atoms with Crippen molar-refractivity contribution in [3.8, 4) is 11.8 Å². The molecule has 0 nitrogen and oxygen atoms in total. The minimum atomic E-state index is -0.708. The Morgan fingerprint density at radius 1 is 1.27 bits per heavy atom. The van der Waals surface area contributed by atoms with Crippen molar-refractivity contribution in [3.63, 3.8) is 0 Å². The first-order valence-corrected chi connectivity index (χ1v) is 4.80. The predicted molar refractivity (Wildman–Crippen MR) is 58.0 cm³/mol. The Morgan fingerprint density at radius 3 is 2.47 bits per heavy atom. The van der Waals surface area contributed by atoms with Crippen molar-refractivity contribution in [1.29, 1.82) is 0 Å². The Kier molecular flexibility index (Phi) is 3.47. The highest BCUT2D eigenvalue weighted by Gasteiger charge is 2.21. The fraction of sp³-hybridized carbons (Fsp3) is 0.385. The van der Waals surface area contributed by atoms with Crippen molar-refractivity contribution in [2.75, 3.05) is 6.67 Å². The monoisotopic (exact) mass is 208 g/mol. The van der Waals surface area contributed by atoms with Crippen molar-refractivity contribution < 1.29 is 8.78 Å². The Bertz CT molecular complexity index is 403. The lowest BCUT2D eigenvalue weighted by Gasteiger charge is -2.21. The second-order valence-electron chi connectivity index (χ2n) is 4.35. The molecular formula is C13H14F2. The van der Waals surface area contributed by atoms with Crippen LogP contribution in [0.25, 0.3) is 0 Å². The van der Waals surface area contributed by atoms with Gasteiger partial charge < -0.3 is 0 Å². The summed E-state index contributed by atoms with van der Waals surface area (Å²) in [6, 6.07) is 4.71. The number of alkyl halides is 1. The van der Waals surface area contributed by atoms with Crippen LogP contribution in [0.3, 0.4) is 0 Å². The van der Waals surface area contributed by atoms with Crippen LogP contribution < -0.4 is 0 Å². The third kappa shape index (κ3) is 2.79. The average Bonchev–Trinajstić information content (AvgIpc) is 2.12. The summed E-state index contributed by atoms with van der Waals surface area (Å²) in [7, 11) is 0. The summed E-state index contributed by atoms with van der Waals surface area (Å²) in [6.45, 7) is 5.02. The molecule has 0 radical (unpaired) electrons. The molecule has 0 saturated carbocycles. The third-order valence-corrected chi connectivity index (χ3v) is 2.05. The van der Waals surface area contributed by atoms with E-state index < -0.39 is 6.67 Å². The molecule has 0 spiro atoms. The number of rotatable bonds is 0. The number of hydrogen-bond acceptors (Lipinski definition) is 0. The van der Waals surface area contributed by atoms with E-state index in [-0.39, 0.29) is 11.2 Å². The largest absolute Gasteiger partial charge is 0.237 e. The maximum Gasteiger partial charge on any atom is 0.150 e. The summed E-state index contributed by atoms with van der Waals surface area (Å²) < 4.78 is 25.6. The molecule has 2 heteroatoms. The first-order valence-electron chi connectivity index (χ1n) is 4.80. The van der Waals surface area contributed by atoms with E-state index >= 15 is 0 Å². The highest BCUT2D eigenvalue weighted by molar-refractivity contribution is 5.45. The van der Waals surface area contributed by atoms with Gasteiger partial charge >= 0.3 is 0 Å². The summed E-state index contributed by atoms with van der Waals surface area (Å²) in [6.07, 6.45) is 0. The maximum absolute atomic E-state index is 13.6. The van der Waals surface area contributed by atoms with Gasteiger partial charge in [0.25, 0.3) is 0 Å². The molecule has 0 fully saturated rings. The van der Waals surface area contributed by atoms with Crippen LogP contribution in [0.5, 0.6) is 0 Å². The molecular weight excluding hydrogens is 194 g/mol. The first kappa shape index (κ1) is 11.7. The van der Waals surface area contributed by atoms with E-state index in [0.717, 1.165) is 0 Å². The Morgan fingerprint density at radius 2 is 1.93 bits per heavy atom. The topological polar surface area (TPSA) is 0 Å². The molecule has 0 aliphatic rings. The molecule has 0 N–H and O–H groups in total. The zero-order chi connectivity index (χ0) is 11.5. The summed E-state index contributed by atoms with van der Waals surface area (Å²) in [5, 5.41) is 0. The summed E-state index contributed by atoms with van der Waals surface area (Å²) in [4.78, 5) is 0. The number of hydrogen-bond donors (Lipinski definition) is 0. The predicted octanol–water partition coefficient (Wildman–Crippen LogP) is 3.44. The van der Waals surface area contributed by atoms with Gasteiger partial charge in [0, 0.05) is 11.1 Å². The van der Waals surface area contributed by atoms with E-state index in [2.05, 4.69) is 11.8 Å². The zero-order valence-corrected chi connectivity index (χ0v) is 9.20. The first-order chi connectivity index (χ1) is 6.96. The van der Waals surface area contributed by atoms with Gasteiger partial charge in [-0.1, -0.05) is 38.7 Å². The van der Waals surface area contributed by atoms with Gasteiger partial charge in [-0.2, -0.15) is 0 Å². The molecule has 0 heterocycles. The fourth-order valence-corrected chi connectivity index (χ4v) is 1.52. The maximum atomic E-state index is 13.6. The summed E-state index contributed by atoms with van der Waals surface area (Å²) in [5.74, 6) is 4.68. The molecule has 0 amide bonds.